The first-order chi connectivity index (χ1) is 15.3. The van der Waals surface area contributed by atoms with Crippen molar-refractivity contribution in [2.45, 2.75) is 32.1 Å². The number of hydrogen-bond donors (Lipinski definition) is 1. The summed E-state index contributed by atoms with van der Waals surface area (Å²) >= 11 is 0. The van der Waals surface area contributed by atoms with Crippen molar-refractivity contribution < 1.29 is 9.47 Å². The van der Waals surface area contributed by atoms with Gasteiger partial charge in [0.25, 0.3) is 0 Å². The Hall–Kier alpha value is -1.98. The van der Waals surface area contributed by atoms with E-state index in [-0.39, 0.29) is 24.0 Å². The second-order valence-corrected chi connectivity index (χ2v) is 7.87. The Morgan fingerprint density at radius 2 is 1.81 bits per heavy atom. The maximum absolute atomic E-state index is 6.07. The Labute approximate surface area is 207 Å². The zero-order valence-electron chi connectivity index (χ0n) is 18.7. The van der Waals surface area contributed by atoms with Gasteiger partial charge in [-0.05, 0) is 30.0 Å². The van der Waals surface area contributed by atoms with Gasteiger partial charge in [-0.2, -0.15) is 0 Å². The fourth-order valence-electron chi connectivity index (χ4n) is 3.97. The Bertz CT molecular complexity index is 839. The third-order valence-electron chi connectivity index (χ3n) is 5.72. The van der Waals surface area contributed by atoms with Gasteiger partial charge >= 0.3 is 0 Å². The van der Waals surface area contributed by atoms with Crippen LogP contribution in [-0.2, 0) is 22.6 Å². The number of piperazine rings is 1. The van der Waals surface area contributed by atoms with E-state index < -0.39 is 0 Å². The van der Waals surface area contributed by atoms with Crippen LogP contribution < -0.4 is 10.2 Å². The van der Waals surface area contributed by atoms with E-state index in [0.717, 1.165) is 70.7 Å². The minimum atomic E-state index is 0. The van der Waals surface area contributed by atoms with Gasteiger partial charge in [0.05, 0.1) is 12.7 Å². The Morgan fingerprint density at radius 1 is 1.09 bits per heavy atom. The van der Waals surface area contributed by atoms with Crippen LogP contribution in [0.5, 0.6) is 0 Å². The SMILES string of the molecule is CN=C(NCc1cccc(COC2CCOCC2)c1)N1CCN(c2ncccn2)CC1.I. The van der Waals surface area contributed by atoms with Crippen LogP contribution in [0.1, 0.15) is 24.0 Å². The molecule has 1 aromatic heterocycles. The minimum Gasteiger partial charge on any atom is -0.381 e. The molecule has 0 bridgehead atoms. The van der Waals surface area contributed by atoms with E-state index in [4.69, 9.17) is 9.47 Å². The van der Waals surface area contributed by atoms with Gasteiger partial charge in [-0.25, -0.2) is 9.97 Å². The molecule has 174 valence electrons. The molecule has 0 saturated carbocycles. The van der Waals surface area contributed by atoms with Crippen LogP contribution in [0.4, 0.5) is 5.95 Å². The number of halogens is 1. The maximum atomic E-state index is 6.07. The van der Waals surface area contributed by atoms with Gasteiger partial charge in [-0.1, -0.05) is 24.3 Å². The highest BCUT2D eigenvalue weighted by Crippen LogP contribution is 2.15. The summed E-state index contributed by atoms with van der Waals surface area (Å²) in [6.45, 7) is 6.53. The second kappa shape index (κ2) is 12.9. The van der Waals surface area contributed by atoms with Gasteiger partial charge in [0.2, 0.25) is 5.95 Å². The maximum Gasteiger partial charge on any atom is 0.225 e. The van der Waals surface area contributed by atoms with Crippen LogP contribution in [0, 0.1) is 0 Å². The Kier molecular flexibility index (Phi) is 9.94. The number of guanidine groups is 1. The number of nitrogens with one attached hydrogen (secondary N) is 1. The number of aromatic nitrogens is 2. The highest BCUT2D eigenvalue weighted by molar-refractivity contribution is 14.0. The van der Waals surface area contributed by atoms with E-state index in [2.05, 4.69) is 54.3 Å². The molecule has 0 spiro atoms. The molecule has 4 rings (SSSR count). The summed E-state index contributed by atoms with van der Waals surface area (Å²) in [6.07, 6.45) is 5.87. The smallest absolute Gasteiger partial charge is 0.225 e. The van der Waals surface area contributed by atoms with Crippen molar-refractivity contribution in [2.24, 2.45) is 4.99 Å². The van der Waals surface area contributed by atoms with E-state index in [9.17, 15) is 0 Å². The molecule has 0 aliphatic carbocycles. The first kappa shape index (κ1) is 24.7. The number of aliphatic imine (C=N–C) groups is 1. The quantitative estimate of drug-likeness (QED) is 0.336. The number of benzene rings is 1. The van der Waals surface area contributed by atoms with Crippen LogP contribution >= 0.6 is 24.0 Å². The Balaban J connectivity index is 0.00000289. The standard InChI is InChI=1S/C23H32N6O2.HI/c1-24-22(28-10-12-29(13-11-28)23-25-8-3-9-26-23)27-17-19-4-2-5-20(16-19)18-31-21-6-14-30-15-7-21;/h2-5,8-9,16,21H,6-7,10-15,17-18H2,1H3,(H,24,27);1H. The fraction of sp³-hybridized carbons (Fsp3) is 0.522. The molecule has 2 saturated heterocycles. The third-order valence-corrected chi connectivity index (χ3v) is 5.72. The van der Waals surface area contributed by atoms with Crippen LogP contribution in [0.3, 0.4) is 0 Å². The molecule has 0 radical (unpaired) electrons. The van der Waals surface area contributed by atoms with Gasteiger partial charge in [-0.3, -0.25) is 4.99 Å². The van der Waals surface area contributed by atoms with Crippen LogP contribution in [0.25, 0.3) is 0 Å². The molecule has 3 heterocycles. The summed E-state index contributed by atoms with van der Waals surface area (Å²) in [5, 5.41) is 3.51. The van der Waals surface area contributed by atoms with E-state index in [1.54, 1.807) is 12.4 Å². The van der Waals surface area contributed by atoms with Crippen LogP contribution in [-0.4, -0.2) is 73.4 Å². The summed E-state index contributed by atoms with van der Waals surface area (Å²) in [4.78, 5) is 17.7. The highest BCUT2D eigenvalue weighted by Gasteiger charge is 2.21. The summed E-state index contributed by atoms with van der Waals surface area (Å²) in [5.74, 6) is 1.72. The highest BCUT2D eigenvalue weighted by atomic mass is 127. The van der Waals surface area contributed by atoms with Gasteiger partial charge in [0.1, 0.15) is 0 Å². The molecule has 2 aromatic rings. The van der Waals surface area contributed by atoms with Crippen LogP contribution in [0.15, 0.2) is 47.7 Å². The Morgan fingerprint density at radius 3 is 2.53 bits per heavy atom. The summed E-state index contributed by atoms with van der Waals surface area (Å²) in [5.41, 5.74) is 2.43. The lowest BCUT2D eigenvalue weighted by Gasteiger charge is -2.36. The van der Waals surface area contributed by atoms with Gasteiger partial charge in [0.15, 0.2) is 5.96 Å². The van der Waals surface area contributed by atoms with Gasteiger partial charge in [0, 0.05) is 65.4 Å². The lowest BCUT2D eigenvalue weighted by molar-refractivity contribution is -0.0390. The molecule has 2 aliphatic heterocycles. The largest absolute Gasteiger partial charge is 0.381 e. The first-order valence-electron chi connectivity index (χ1n) is 11.1. The molecule has 1 aromatic carbocycles. The third kappa shape index (κ3) is 7.01. The molecule has 2 aliphatic rings. The summed E-state index contributed by atoms with van der Waals surface area (Å²) in [7, 11) is 1.84. The molecular formula is C23H33IN6O2. The molecule has 0 unspecified atom stereocenters. The van der Waals surface area contributed by atoms with Gasteiger partial charge in [-0.15, -0.1) is 24.0 Å². The van der Waals surface area contributed by atoms with Crippen molar-refractivity contribution in [3.8, 4) is 0 Å². The normalized spacial score (nSPS) is 17.7. The molecule has 0 amide bonds. The average molecular weight is 552 g/mol. The lowest BCUT2D eigenvalue weighted by Crippen LogP contribution is -2.52. The average Bonchev–Trinajstić information content (AvgIpc) is 2.85. The predicted octanol–water partition coefficient (Wildman–Crippen LogP) is 2.69. The summed E-state index contributed by atoms with van der Waals surface area (Å²) < 4.78 is 11.5. The van der Waals surface area contributed by atoms with Crippen molar-refractivity contribution in [1.82, 2.24) is 20.2 Å². The van der Waals surface area contributed by atoms with E-state index in [1.807, 2.05) is 13.1 Å². The predicted molar refractivity (Wildman–Crippen MR) is 137 cm³/mol. The van der Waals surface area contributed by atoms with Gasteiger partial charge < -0.3 is 24.6 Å². The zero-order valence-corrected chi connectivity index (χ0v) is 21.0. The number of hydrogen-bond acceptors (Lipinski definition) is 6. The van der Waals surface area contributed by atoms with E-state index >= 15 is 0 Å². The van der Waals surface area contributed by atoms with E-state index in [0.29, 0.717) is 12.7 Å². The number of anilines is 1. The fourth-order valence-corrected chi connectivity index (χ4v) is 3.97. The minimum absolute atomic E-state index is 0. The van der Waals surface area contributed by atoms with Crippen molar-refractivity contribution in [1.29, 1.82) is 0 Å². The second-order valence-electron chi connectivity index (χ2n) is 7.87. The van der Waals surface area contributed by atoms with Crippen LogP contribution in [0.2, 0.25) is 0 Å². The lowest BCUT2D eigenvalue weighted by atomic mass is 10.1. The molecule has 8 nitrogen and oxygen atoms in total. The zero-order chi connectivity index (χ0) is 21.3. The number of nitrogens with zero attached hydrogens (tertiary/aromatic N) is 5. The van der Waals surface area contributed by atoms with Crippen molar-refractivity contribution >= 4 is 35.9 Å². The van der Waals surface area contributed by atoms with Crippen molar-refractivity contribution in [2.75, 3.05) is 51.3 Å². The molecule has 32 heavy (non-hydrogen) atoms. The number of ether oxygens (including phenoxy) is 2. The number of rotatable bonds is 6. The first-order valence-corrected chi connectivity index (χ1v) is 11.1. The monoisotopic (exact) mass is 552 g/mol. The molecule has 2 fully saturated rings. The van der Waals surface area contributed by atoms with Crippen molar-refractivity contribution in [3.05, 3.63) is 53.9 Å². The van der Waals surface area contributed by atoms with Crippen molar-refractivity contribution in [3.63, 3.8) is 0 Å². The summed E-state index contributed by atoms with van der Waals surface area (Å²) in [6, 6.07) is 10.4. The molecule has 9 heteroatoms. The molecule has 0 atom stereocenters. The topological polar surface area (TPSA) is 75.1 Å². The molecule has 1 N–H and O–H groups in total. The van der Waals surface area contributed by atoms with E-state index in [1.165, 1.54) is 11.1 Å². The molecular weight excluding hydrogens is 519 g/mol.